The van der Waals surface area contributed by atoms with Gasteiger partial charge in [0.1, 0.15) is 5.75 Å². The Hall–Kier alpha value is -1.06. The molecule has 19 heavy (non-hydrogen) atoms. The van der Waals surface area contributed by atoms with Crippen molar-refractivity contribution >= 4 is 0 Å². The summed E-state index contributed by atoms with van der Waals surface area (Å²) in [7, 11) is 0. The van der Waals surface area contributed by atoms with Gasteiger partial charge in [0.05, 0.1) is 0 Å². The van der Waals surface area contributed by atoms with Crippen molar-refractivity contribution in [3.63, 3.8) is 0 Å². The molecule has 2 unspecified atom stereocenters. The van der Waals surface area contributed by atoms with Crippen molar-refractivity contribution in [3.8, 4) is 5.75 Å². The molecule has 1 aromatic rings. The van der Waals surface area contributed by atoms with Crippen molar-refractivity contribution in [2.45, 2.75) is 45.2 Å². The summed E-state index contributed by atoms with van der Waals surface area (Å²) in [5.41, 5.74) is 1.02. The molecule has 1 aromatic carbocycles. The lowest BCUT2D eigenvalue weighted by Crippen LogP contribution is -2.39. The molecule has 2 N–H and O–H groups in total. The second-order valence-corrected chi connectivity index (χ2v) is 5.35. The van der Waals surface area contributed by atoms with Gasteiger partial charge in [-0.3, -0.25) is 4.90 Å². The topological polar surface area (TPSA) is 35.5 Å². The number of hydrogen-bond donors (Lipinski definition) is 2. The lowest BCUT2D eigenvalue weighted by molar-refractivity contribution is 0.252. The SMILES string of the molecule is CCC(NCC1CCCN1CC)c1ccccc1O. The highest BCUT2D eigenvalue weighted by molar-refractivity contribution is 5.34. The minimum atomic E-state index is 0.250. The van der Waals surface area contributed by atoms with Crippen LogP contribution in [-0.2, 0) is 0 Å². The molecule has 0 amide bonds. The van der Waals surface area contributed by atoms with Crippen LogP contribution in [0.3, 0.4) is 0 Å². The van der Waals surface area contributed by atoms with E-state index in [1.807, 2.05) is 18.2 Å². The number of likely N-dealkylation sites (tertiary alicyclic amines) is 1. The Morgan fingerprint density at radius 2 is 2.16 bits per heavy atom. The monoisotopic (exact) mass is 262 g/mol. The molecule has 2 atom stereocenters. The van der Waals surface area contributed by atoms with E-state index in [1.54, 1.807) is 6.07 Å². The molecule has 3 heteroatoms. The van der Waals surface area contributed by atoms with Crippen molar-refractivity contribution in [1.29, 1.82) is 0 Å². The Bertz CT molecular complexity index is 394. The van der Waals surface area contributed by atoms with E-state index < -0.39 is 0 Å². The molecule has 1 saturated heterocycles. The number of phenolic OH excluding ortho intramolecular Hbond substituents is 1. The molecule has 106 valence electrons. The number of para-hydroxylation sites is 1. The highest BCUT2D eigenvalue weighted by atomic mass is 16.3. The van der Waals surface area contributed by atoms with Crippen molar-refractivity contribution in [2.75, 3.05) is 19.6 Å². The average Bonchev–Trinajstić information content (AvgIpc) is 2.88. The molecule has 0 aliphatic carbocycles. The van der Waals surface area contributed by atoms with Gasteiger partial charge in [-0.2, -0.15) is 0 Å². The number of hydrogen-bond acceptors (Lipinski definition) is 3. The average molecular weight is 262 g/mol. The standard InChI is InChI=1S/C16H26N2O/c1-3-15(14-9-5-6-10-16(14)19)17-12-13-8-7-11-18(13)4-2/h5-6,9-10,13,15,17,19H,3-4,7-8,11-12H2,1-2H3. The fourth-order valence-corrected chi connectivity index (χ4v) is 3.08. The van der Waals surface area contributed by atoms with Crippen LogP contribution in [0.4, 0.5) is 0 Å². The predicted octanol–water partition coefficient (Wildman–Crippen LogP) is 2.92. The van der Waals surface area contributed by atoms with E-state index in [9.17, 15) is 5.11 Å². The van der Waals surface area contributed by atoms with Crippen LogP contribution < -0.4 is 5.32 Å². The number of likely N-dealkylation sites (N-methyl/N-ethyl adjacent to an activating group) is 1. The first-order valence-electron chi connectivity index (χ1n) is 7.51. The van der Waals surface area contributed by atoms with Crippen LogP contribution in [0, 0.1) is 0 Å². The summed E-state index contributed by atoms with van der Waals surface area (Å²) in [4.78, 5) is 2.55. The second-order valence-electron chi connectivity index (χ2n) is 5.35. The summed E-state index contributed by atoms with van der Waals surface area (Å²) in [6.45, 7) is 7.78. The minimum Gasteiger partial charge on any atom is -0.508 e. The molecule has 0 bridgehead atoms. The second kappa shape index (κ2) is 6.92. The zero-order valence-corrected chi connectivity index (χ0v) is 12.1. The third-order valence-electron chi connectivity index (χ3n) is 4.23. The Morgan fingerprint density at radius 1 is 1.37 bits per heavy atom. The fraction of sp³-hybridized carbons (Fsp3) is 0.625. The van der Waals surface area contributed by atoms with Crippen molar-refractivity contribution in [2.24, 2.45) is 0 Å². The Morgan fingerprint density at radius 3 is 2.84 bits per heavy atom. The van der Waals surface area contributed by atoms with Crippen LogP contribution in [0.15, 0.2) is 24.3 Å². The Kier molecular flexibility index (Phi) is 5.23. The zero-order chi connectivity index (χ0) is 13.7. The summed E-state index contributed by atoms with van der Waals surface area (Å²) >= 11 is 0. The lowest BCUT2D eigenvalue weighted by atomic mass is 10.0. The van der Waals surface area contributed by atoms with Crippen molar-refractivity contribution < 1.29 is 5.11 Å². The summed E-state index contributed by atoms with van der Waals surface area (Å²) in [6, 6.07) is 8.57. The van der Waals surface area contributed by atoms with Crippen LogP contribution in [0.5, 0.6) is 5.75 Å². The maximum absolute atomic E-state index is 9.95. The van der Waals surface area contributed by atoms with Gasteiger partial charge < -0.3 is 10.4 Å². The van der Waals surface area contributed by atoms with Crippen LogP contribution in [0.25, 0.3) is 0 Å². The zero-order valence-electron chi connectivity index (χ0n) is 12.1. The van der Waals surface area contributed by atoms with Gasteiger partial charge in [-0.15, -0.1) is 0 Å². The summed E-state index contributed by atoms with van der Waals surface area (Å²) in [5, 5.41) is 13.6. The van der Waals surface area contributed by atoms with Crippen LogP contribution in [0.1, 0.15) is 44.7 Å². The van der Waals surface area contributed by atoms with Gasteiger partial charge in [0.15, 0.2) is 0 Å². The first-order valence-corrected chi connectivity index (χ1v) is 7.51. The molecule has 2 rings (SSSR count). The Balaban J connectivity index is 1.95. The molecule has 0 saturated carbocycles. The van der Waals surface area contributed by atoms with E-state index in [0.717, 1.165) is 25.1 Å². The van der Waals surface area contributed by atoms with Gasteiger partial charge in [-0.1, -0.05) is 32.0 Å². The normalized spacial score (nSPS) is 21.7. The largest absolute Gasteiger partial charge is 0.508 e. The molecule has 1 aliphatic rings. The number of nitrogens with one attached hydrogen (secondary N) is 1. The minimum absolute atomic E-state index is 0.250. The van der Waals surface area contributed by atoms with E-state index >= 15 is 0 Å². The van der Waals surface area contributed by atoms with E-state index in [0.29, 0.717) is 11.8 Å². The van der Waals surface area contributed by atoms with Gasteiger partial charge in [-0.25, -0.2) is 0 Å². The molecule has 1 heterocycles. The molecular formula is C16H26N2O. The van der Waals surface area contributed by atoms with Crippen LogP contribution in [-0.4, -0.2) is 35.7 Å². The highest BCUT2D eigenvalue weighted by Crippen LogP contribution is 2.26. The van der Waals surface area contributed by atoms with Gasteiger partial charge in [0.25, 0.3) is 0 Å². The molecule has 0 aromatic heterocycles. The third-order valence-corrected chi connectivity index (χ3v) is 4.23. The number of aromatic hydroxyl groups is 1. The molecule has 1 aliphatic heterocycles. The first-order chi connectivity index (χ1) is 9.26. The van der Waals surface area contributed by atoms with Gasteiger partial charge in [0.2, 0.25) is 0 Å². The number of nitrogens with zero attached hydrogens (tertiary/aromatic N) is 1. The predicted molar refractivity (Wildman–Crippen MR) is 79.4 cm³/mol. The van der Waals surface area contributed by atoms with Crippen LogP contribution in [0.2, 0.25) is 0 Å². The summed E-state index contributed by atoms with van der Waals surface area (Å²) in [6.07, 6.45) is 3.60. The maximum Gasteiger partial charge on any atom is 0.120 e. The first kappa shape index (κ1) is 14.4. The van der Waals surface area contributed by atoms with Crippen molar-refractivity contribution in [1.82, 2.24) is 10.2 Å². The van der Waals surface area contributed by atoms with E-state index in [-0.39, 0.29) is 6.04 Å². The molecule has 0 spiro atoms. The highest BCUT2D eigenvalue weighted by Gasteiger charge is 2.23. The Labute approximate surface area is 116 Å². The number of benzene rings is 1. The lowest BCUT2D eigenvalue weighted by Gasteiger charge is -2.26. The third kappa shape index (κ3) is 3.48. The molecular weight excluding hydrogens is 236 g/mol. The fourth-order valence-electron chi connectivity index (χ4n) is 3.08. The molecule has 0 radical (unpaired) electrons. The molecule has 3 nitrogen and oxygen atoms in total. The number of phenols is 1. The molecule has 1 fully saturated rings. The van der Waals surface area contributed by atoms with E-state index in [4.69, 9.17) is 0 Å². The van der Waals surface area contributed by atoms with Gasteiger partial charge >= 0.3 is 0 Å². The number of rotatable bonds is 6. The quantitative estimate of drug-likeness (QED) is 0.827. The summed E-state index contributed by atoms with van der Waals surface area (Å²) < 4.78 is 0. The smallest absolute Gasteiger partial charge is 0.120 e. The van der Waals surface area contributed by atoms with E-state index in [2.05, 4.69) is 24.1 Å². The van der Waals surface area contributed by atoms with Gasteiger partial charge in [0, 0.05) is 24.2 Å². The van der Waals surface area contributed by atoms with Crippen molar-refractivity contribution in [3.05, 3.63) is 29.8 Å². The summed E-state index contributed by atoms with van der Waals surface area (Å²) in [5.74, 6) is 0.403. The van der Waals surface area contributed by atoms with E-state index in [1.165, 1.54) is 19.4 Å². The van der Waals surface area contributed by atoms with Gasteiger partial charge in [-0.05, 0) is 38.4 Å². The van der Waals surface area contributed by atoms with Crippen LogP contribution >= 0.6 is 0 Å². The maximum atomic E-state index is 9.95.